The first kappa shape index (κ1) is 19.1. The number of rotatable bonds is 5. The van der Waals surface area contributed by atoms with Gasteiger partial charge < -0.3 is 4.90 Å². The van der Waals surface area contributed by atoms with Crippen molar-refractivity contribution in [2.45, 2.75) is 49.6 Å². The minimum Gasteiger partial charge on any atom is -0.331 e. The Kier molecular flexibility index (Phi) is 4.97. The van der Waals surface area contributed by atoms with E-state index in [2.05, 4.69) is 4.98 Å². The fourth-order valence-corrected chi connectivity index (χ4v) is 5.82. The average molecular weight is 400 g/mol. The Labute approximate surface area is 166 Å². The van der Waals surface area contributed by atoms with Gasteiger partial charge >= 0.3 is 0 Å². The molecule has 1 unspecified atom stereocenters. The van der Waals surface area contributed by atoms with Crippen molar-refractivity contribution in [3.8, 4) is 0 Å². The van der Waals surface area contributed by atoms with Gasteiger partial charge in [0, 0.05) is 38.4 Å². The molecule has 0 aliphatic carbocycles. The van der Waals surface area contributed by atoms with E-state index in [-0.39, 0.29) is 5.91 Å². The number of sulfonamides is 1. The van der Waals surface area contributed by atoms with Crippen LogP contribution in [0.5, 0.6) is 0 Å². The number of aromatic nitrogens is 1. The largest absolute Gasteiger partial charge is 0.331 e. The lowest BCUT2D eigenvalue weighted by molar-refractivity contribution is -0.131. The molecule has 1 atom stereocenters. The number of aryl methyl sites for hydroxylation is 1. The zero-order chi connectivity index (χ0) is 19.8. The van der Waals surface area contributed by atoms with Crippen LogP contribution >= 0.6 is 0 Å². The van der Waals surface area contributed by atoms with E-state index in [9.17, 15) is 13.2 Å². The van der Waals surface area contributed by atoms with Crippen LogP contribution in [0.15, 0.2) is 53.7 Å². The number of hydrogen-bond acceptors (Lipinski definition) is 4. The third-order valence-electron chi connectivity index (χ3n) is 6.03. The summed E-state index contributed by atoms with van der Waals surface area (Å²) in [5.74, 6) is 0.100. The van der Waals surface area contributed by atoms with Crippen molar-refractivity contribution in [3.05, 3.63) is 59.9 Å². The molecule has 0 radical (unpaired) electrons. The standard InChI is InChI=1S/C21H25N3O3S/c1-2-17-3-5-19(6-4-17)28(26,27)23-14-11-21(16-23)10-7-20(25)24(21)15-18-8-12-22-13-9-18/h3-6,8-9,12-13H,2,7,10-11,14-16H2,1H3. The second-order valence-electron chi connectivity index (χ2n) is 7.65. The van der Waals surface area contributed by atoms with E-state index in [4.69, 9.17) is 0 Å². The average Bonchev–Trinajstić information content (AvgIpc) is 3.29. The summed E-state index contributed by atoms with van der Waals surface area (Å²) in [6.45, 7) is 3.35. The SMILES string of the molecule is CCc1ccc(S(=O)(=O)N2CCC3(CCC(=O)N3Cc3ccncc3)C2)cc1. The molecule has 6 nitrogen and oxygen atoms in total. The van der Waals surface area contributed by atoms with Crippen molar-refractivity contribution in [2.75, 3.05) is 13.1 Å². The highest BCUT2D eigenvalue weighted by Crippen LogP contribution is 2.41. The number of amides is 1. The summed E-state index contributed by atoms with van der Waals surface area (Å²) in [7, 11) is -3.56. The summed E-state index contributed by atoms with van der Waals surface area (Å²) >= 11 is 0. The van der Waals surface area contributed by atoms with Gasteiger partial charge in [0.25, 0.3) is 0 Å². The third-order valence-corrected chi connectivity index (χ3v) is 7.89. The Hall–Kier alpha value is -2.25. The summed E-state index contributed by atoms with van der Waals surface area (Å²) in [4.78, 5) is 18.8. The van der Waals surface area contributed by atoms with Crippen LogP contribution in [0.25, 0.3) is 0 Å². The molecule has 2 aromatic rings. The zero-order valence-electron chi connectivity index (χ0n) is 16.0. The second-order valence-corrected chi connectivity index (χ2v) is 9.58. The first-order valence-corrected chi connectivity index (χ1v) is 11.2. The van der Waals surface area contributed by atoms with Crippen LogP contribution in [0.2, 0.25) is 0 Å². The van der Waals surface area contributed by atoms with Gasteiger partial charge in [0.2, 0.25) is 15.9 Å². The van der Waals surface area contributed by atoms with Gasteiger partial charge in [0.15, 0.2) is 0 Å². The minimum absolute atomic E-state index is 0.100. The van der Waals surface area contributed by atoms with E-state index >= 15 is 0 Å². The topological polar surface area (TPSA) is 70.6 Å². The van der Waals surface area contributed by atoms with Crippen LogP contribution in [-0.2, 0) is 27.8 Å². The highest BCUT2D eigenvalue weighted by atomic mass is 32.2. The number of likely N-dealkylation sites (tertiary alicyclic amines) is 1. The lowest BCUT2D eigenvalue weighted by Crippen LogP contribution is -2.47. The van der Waals surface area contributed by atoms with E-state index in [1.165, 1.54) is 0 Å². The maximum atomic E-state index is 13.1. The number of hydrogen-bond donors (Lipinski definition) is 0. The molecule has 2 saturated heterocycles. The molecule has 0 saturated carbocycles. The smallest absolute Gasteiger partial charge is 0.243 e. The molecule has 1 amide bonds. The molecule has 2 fully saturated rings. The fourth-order valence-electron chi connectivity index (χ4n) is 4.30. The van der Waals surface area contributed by atoms with Crippen molar-refractivity contribution < 1.29 is 13.2 Å². The molecule has 7 heteroatoms. The van der Waals surface area contributed by atoms with Crippen molar-refractivity contribution in [3.63, 3.8) is 0 Å². The van der Waals surface area contributed by atoms with Crippen LogP contribution in [-0.4, -0.2) is 47.1 Å². The third kappa shape index (κ3) is 3.33. The van der Waals surface area contributed by atoms with Crippen LogP contribution in [0, 0.1) is 0 Å². The van der Waals surface area contributed by atoms with Gasteiger partial charge in [-0.05, 0) is 54.7 Å². The highest BCUT2D eigenvalue weighted by molar-refractivity contribution is 7.89. The molecular formula is C21H25N3O3S. The Balaban J connectivity index is 1.56. The Bertz CT molecular complexity index is 960. The molecule has 28 heavy (non-hydrogen) atoms. The first-order valence-electron chi connectivity index (χ1n) is 9.73. The molecule has 3 heterocycles. The van der Waals surface area contributed by atoms with Gasteiger partial charge in [-0.3, -0.25) is 9.78 Å². The first-order chi connectivity index (χ1) is 13.4. The van der Waals surface area contributed by atoms with Gasteiger partial charge in [0.1, 0.15) is 0 Å². The van der Waals surface area contributed by atoms with Gasteiger partial charge in [-0.15, -0.1) is 0 Å². The number of nitrogens with zero attached hydrogens (tertiary/aromatic N) is 3. The van der Waals surface area contributed by atoms with Crippen LogP contribution < -0.4 is 0 Å². The quantitative estimate of drug-likeness (QED) is 0.775. The fraction of sp³-hybridized carbons (Fsp3) is 0.429. The molecule has 2 aliphatic rings. The lowest BCUT2D eigenvalue weighted by atomic mass is 9.95. The van der Waals surface area contributed by atoms with Crippen molar-refractivity contribution in [1.82, 2.24) is 14.2 Å². The summed E-state index contributed by atoms with van der Waals surface area (Å²) in [5.41, 5.74) is 1.72. The van der Waals surface area contributed by atoms with E-state index < -0.39 is 15.6 Å². The number of benzene rings is 1. The Morgan fingerprint density at radius 1 is 1.04 bits per heavy atom. The summed E-state index contributed by atoms with van der Waals surface area (Å²) in [6.07, 6.45) is 6.17. The molecule has 1 aromatic heterocycles. The summed E-state index contributed by atoms with van der Waals surface area (Å²) in [6, 6.07) is 10.9. The molecule has 4 rings (SSSR count). The van der Waals surface area contributed by atoms with Gasteiger partial charge in [-0.1, -0.05) is 19.1 Å². The predicted molar refractivity (Wildman–Crippen MR) is 106 cm³/mol. The van der Waals surface area contributed by atoms with Crippen LogP contribution in [0.3, 0.4) is 0 Å². The van der Waals surface area contributed by atoms with E-state index in [1.54, 1.807) is 28.8 Å². The molecule has 0 N–H and O–H groups in total. The lowest BCUT2D eigenvalue weighted by Gasteiger charge is -2.35. The number of carbonyl (C=O) groups excluding carboxylic acids is 1. The molecule has 148 valence electrons. The van der Waals surface area contributed by atoms with Crippen molar-refractivity contribution in [1.29, 1.82) is 0 Å². The number of carbonyl (C=O) groups is 1. The maximum absolute atomic E-state index is 13.1. The molecule has 1 aromatic carbocycles. The highest BCUT2D eigenvalue weighted by Gasteiger charge is 2.51. The summed E-state index contributed by atoms with van der Waals surface area (Å²) in [5, 5.41) is 0. The molecule has 0 bridgehead atoms. The van der Waals surface area contributed by atoms with Crippen LogP contribution in [0.1, 0.15) is 37.3 Å². The normalized spacial score (nSPS) is 23.0. The molecule has 2 aliphatic heterocycles. The monoisotopic (exact) mass is 399 g/mol. The van der Waals surface area contributed by atoms with Crippen molar-refractivity contribution in [2.24, 2.45) is 0 Å². The predicted octanol–water partition coefficient (Wildman–Crippen LogP) is 2.60. The van der Waals surface area contributed by atoms with Gasteiger partial charge in [0.05, 0.1) is 10.4 Å². The Morgan fingerprint density at radius 3 is 2.43 bits per heavy atom. The number of pyridine rings is 1. The van der Waals surface area contributed by atoms with Crippen LogP contribution in [0.4, 0.5) is 0 Å². The van der Waals surface area contributed by atoms with E-state index in [0.29, 0.717) is 43.8 Å². The Morgan fingerprint density at radius 2 is 1.75 bits per heavy atom. The zero-order valence-corrected chi connectivity index (χ0v) is 16.9. The van der Waals surface area contributed by atoms with E-state index in [1.807, 2.05) is 36.1 Å². The van der Waals surface area contributed by atoms with Crippen molar-refractivity contribution >= 4 is 15.9 Å². The van der Waals surface area contributed by atoms with E-state index in [0.717, 1.165) is 17.5 Å². The van der Waals surface area contributed by atoms with Gasteiger partial charge in [-0.25, -0.2) is 8.42 Å². The van der Waals surface area contributed by atoms with Gasteiger partial charge in [-0.2, -0.15) is 4.31 Å². The molecule has 1 spiro atoms. The minimum atomic E-state index is -3.56. The second kappa shape index (κ2) is 7.29. The molecular weight excluding hydrogens is 374 g/mol. The maximum Gasteiger partial charge on any atom is 0.243 e. The summed E-state index contributed by atoms with van der Waals surface area (Å²) < 4.78 is 27.8.